The number of carbonyl (C=O) groups is 3. The highest BCUT2D eigenvalue weighted by atomic mass is 16.2. The number of amides is 4. The van der Waals surface area contributed by atoms with Crippen LogP contribution in [0.1, 0.15) is 86.0 Å². The molecule has 2 N–H and O–H groups in total. The molecule has 4 rings (SSSR count). The van der Waals surface area contributed by atoms with E-state index in [1.807, 2.05) is 12.1 Å². The molecule has 0 aromatic heterocycles. The van der Waals surface area contributed by atoms with Gasteiger partial charge in [0.1, 0.15) is 5.54 Å². The molecule has 1 aliphatic heterocycles. The molecule has 0 unspecified atom stereocenters. The fourth-order valence-corrected chi connectivity index (χ4v) is 4.72. The van der Waals surface area contributed by atoms with Crippen LogP contribution < -0.4 is 10.7 Å². The molecule has 4 amide bonds. The van der Waals surface area contributed by atoms with Crippen LogP contribution in [0, 0.1) is 0 Å². The fraction of sp³-hybridized carbons (Fsp3) is 0.571. The predicted molar refractivity (Wildman–Crippen MR) is 101 cm³/mol. The number of imide groups is 1. The molecule has 0 bridgehead atoms. The molecule has 1 spiro atoms. The van der Waals surface area contributed by atoms with Crippen molar-refractivity contribution in [2.45, 2.75) is 75.7 Å². The van der Waals surface area contributed by atoms with E-state index >= 15 is 0 Å². The van der Waals surface area contributed by atoms with Gasteiger partial charge in [0.25, 0.3) is 11.8 Å². The van der Waals surface area contributed by atoms with Crippen molar-refractivity contribution >= 4 is 17.8 Å². The molecule has 144 valence electrons. The fourth-order valence-electron chi connectivity index (χ4n) is 4.72. The second-order valence-corrected chi connectivity index (χ2v) is 8.11. The summed E-state index contributed by atoms with van der Waals surface area (Å²) in [7, 11) is 0. The van der Waals surface area contributed by atoms with E-state index in [1.165, 1.54) is 37.7 Å². The number of carbonyl (C=O) groups excluding carboxylic acids is 3. The zero-order valence-corrected chi connectivity index (χ0v) is 15.6. The highest BCUT2D eigenvalue weighted by molar-refractivity contribution is 6.09. The van der Waals surface area contributed by atoms with E-state index in [0.29, 0.717) is 24.3 Å². The molecular formula is C21H27N3O3. The number of hydrogen-bond donors (Lipinski definition) is 2. The van der Waals surface area contributed by atoms with Gasteiger partial charge in [-0.3, -0.25) is 15.0 Å². The number of hydrazine groups is 1. The monoisotopic (exact) mass is 369 g/mol. The van der Waals surface area contributed by atoms with Crippen LogP contribution in [-0.4, -0.2) is 28.4 Å². The molecule has 2 aliphatic carbocycles. The van der Waals surface area contributed by atoms with E-state index < -0.39 is 17.5 Å². The molecule has 3 aliphatic rings. The summed E-state index contributed by atoms with van der Waals surface area (Å²) in [6.07, 6.45) is 10.4. The van der Waals surface area contributed by atoms with Crippen molar-refractivity contribution in [3.8, 4) is 0 Å². The zero-order chi connectivity index (χ0) is 18.9. The van der Waals surface area contributed by atoms with Gasteiger partial charge >= 0.3 is 6.03 Å². The Morgan fingerprint density at radius 1 is 0.963 bits per heavy atom. The van der Waals surface area contributed by atoms with Gasteiger partial charge in [-0.2, -0.15) is 5.01 Å². The molecule has 6 heteroatoms. The topological polar surface area (TPSA) is 78.5 Å². The standard InChI is InChI=1S/C21H27N3O3/c25-18(17-11-9-16(10-12-17)15-7-3-1-4-8-15)23-24-19(26)21(22-20(24)27)13-5-2-6-14-21/h9-12,15H,1-8,13-14H2,(H,22,27)(H,23,25). The largest absolute Gasteiger partial charge is 0.344 e. The van der Waals surface area contributed by atoms with Crippen LogP contribution in [0.2, 0.25) is 0 Å². The highest BCUT2D eigenvalue weighted by Crippen LogP contribution is 2.34. The molecule has 2 saturated carbocycles. The normalized spacial score (nSPS) is 22.7. The summed E-state index contributed by atoms with van der Waals surface area (Å²) in [4.78, 5) is 37.6. The Morgan fingerprint density at radius 3 is 2.26 bits per heavy atom. The first-order valence-electron chi connectivity index (χ1n) is 10.2. The molecule has 1 aromatic carbocycles. The minimum atomic E-state index is -0.826. The van der Waals surface area contributed by atoms with Crippen LogP contribution in [-0.2, 0) is 4.79 Å². The maximum Gasteiger partial charge on any atom is 0.344 e. The Bertz CT molecular complexity index is 732. The van der Waals surface area contributed by atoms with Crippen LogP contribution in [0.5, 0.6) is 0 Å². The van der Waals surface area contributed by atoms with E-state index in [1.54, 1.807) is 12.1 Å². The van der Waals surface area contributed by atoms with Gasteiger partial charge in [-0.1, -0.05) is 50.7 Å². The smallest absolute Gasteiger partial charge is 0.322 e. The van der Waals surface area contributed by atoms with Crippen molar-refractivity contribution in [1.29, 1.82) is 0 Å². The first-order chi connectivity index (χ1) is 13.1. The predicted octanol–water partition coefficient (Wildman–Crippen LogP) is 3.63. The van der Waals surface area contributed by atoms with Gasteiger partial charge in [0.2, 0.25) is 0 Å². The van der Waals surface area contributed by atoms with Crippen LogP contribution in [0.25, 0.3) is 0 Å². The molecule has 0 atom stereocenters. The van der Waals surface area contributed by atoms with Crippen molar-refractivity contribution in [2.75, 3.05) is 0 Å². The summed E-state index contributed by atoms with van der Waals surface area (Å²) < 4.78 is 0. The Balaban J connectivity index is 1.42. The van der Waals surface area contributed by atoms with Crippen molar-refractivity contribution in [2.24, 2.45) is 0 Å². The average Bonchev–Trinajstić information content (AvgIpc) is 2.93. The summed E-state index contributed by atoms with van der Waals surface area (Å²) in [5, 5.41) is 3.66. The number of rotatable bonds is 3. The summed E-state index contributed by atoms with van der Waals surface area (Å²) >= 11 is 0. The van der Waals surface area contributed by atoms with Gasteiger partial charge in [-0.25, -0.2) is 4.79 Å². The number of urea groups is 1. The summed E-state index contributed by atoms with van der Waals surface area (Å²) in [5.41, 5.74) is 3.40. The Kier molecular flexibility index (Phi) is 4.89. The number of nitrogens with one attached hydrogen (secondary N) is 2. The first-order valence-corrected chi connectivity index (χ1v) is 10.2. The van der Waals surface area contributed by atoms with Gasteiger partial charge in [0, 0.05) is 5.56 Å². The third kappa shape index (κ3) is 3.45. The Morgan fingerprint density at radius 2 is 1.59 bits per heavy atom. The molecule has 0 radical (unpaired) electrons. The summed E-state index contributed by atoms with van der Waals surface area (Å²) in [6.45, 7) is 0. The second kappa shape index (κ2) is 7.33. The Labute approximate surface area is 159 Å². The molecule has 27 heavy (non-hydrogen) atoms. The van der Waals surface area contributed by atoms with Gasteiger partial charge in [-0.05, 0) is 49.3 Å². The molecule has 1 heterocycles. The van der Waals surface area contributed by atoms with Crippen LogP contribution in [0.15, 0.2) is 24.3 Å². The first kappa shape index (κ1) is 18.0. The van der Waals surface area contributed by atoms with E-state index in [-0.39, 0.29) is 5.91 Å². The Hall–Kier alpha value is -2.37. The summed E-state index contributed by atoms with van der Waals surface area (Å²) in [6, 6.07) is 7.04. The van der Waals surface area contributed by atoms with Crippen molar-refractivity contribution in [3.05, 3.63) is 35.4 Å². The lowest BCUT2D eigenvalue weighted by molar-refractivity contribution is -0.134. The third-order valence-corrected chi connectivity index (χ3v) is 6.33. The van der Waals surface area contributed by atoms with Gasteiger partial charge in [0.15, 0.2) is 0 Å². The lowest BCUT2D eigenvalue weighted by Crippen LogP contribution is -2.50. The van der Waals surface area contributed by atoms with E-state index in [2.05, 4.69) is 10.7 Å². The van der Waals surface area contributed by atoms with Crippen LogP contribution in [0.4, 0.5) is 4.79 Å². The second-order valence-electron chi connectivity index (χ2n) is 8.11. The quantitative estimate of drug-likeness (QED) is 0.799. The maximum absolute atomic E-state index is 12.7. The van der Waals surface area contributed by atoms with Gasteiger partial charge < -0.3 is 5.32 Å². The minimum Gasteiger partial charge on any atom is -0.322 e. The molecule has 3 fully saturated rings. The average molecular weight is 369 g/mol. The minimum absolute atomic E-state index is 0.334. The lowest BCUT2D eigenvalue weighted by Gasteiger charge is -2.30. The van der Waals surface area contributed by atoms with Crippen molar-refractivity contribution < 1.29 is 14.4 Å². The number of benzene rings is 1. The van der Waals surface area contributed by atoms with Crippen LogP contribution >= 0.6 is 0 Å². The van der Waals surface area contributed by atoms with Crippen LogP contribution in [0.3, 0.4) is 0 Å². The lowest BCUT2D eigenvalue weighted by atomic mass is 9.82. The van der Waals surface area contributed by atoms with Crippen molar-refractivity contribution in [3.63, 3.8) is 0 Å². The molecule has 1 aromatic rings. The molecular weight excluding hydrogens is 342 g/mol. The number of nitrogens with zero attached hydrogens (tertiary/aromatic N) is 1. The van der Waals surface area contributed by atoms with E-state index in [4.69, 9.17) is 0 Å². The zero-order valence-electron chi connectivity index (χ0n) is 15.6. The summed E-state index contributed by atoms with van der Waals surface area (Å²) in [5.74, 6) is -0.186. The van der Waals surface area contributed by atoms with Crippen molar-refractivity contribution in [1.82, 2.24) is 15.8 Å². The third-order valence-electron chi connectivity index (χ3n) is 6.33. The highest BCUT2D eigenvalue weighted by Gasteiger charge is 2.52. The maximum atomic E-state index is 12.7. The van der Waals surface area contributed by atoms with E-state index in [0.717, 1.165) is 24.3 Å². The number of hydrogen-bond acceptors (Lipinski definition) is 3. The van der Waals surface area contributed by atoms with E-state index in [9.17, 15) is 14.4 Å². The van der Waals surface area contributed by atoms with Gasteiger partial charge in [0.05, 0.1) is 0 Å². The molecule has 1 saturated heterocycles. The molecule has 6 nitrogen and oxygen atoms in total. The SMILES string of the molecule is O=C(NN1C(=O)NC2(CCCCC2)C1=O)c1ccc(C2CCCCC2)cc1. The van der Waals surface area contributed by atoms with Gasteiger partial charge in [-0.15, -0.1) is 0 Å².